The summed E-state index contributed by atoms with van der Waals surface area (Å²) < 4.78 is 9.89. The number of hydrogen-bond acceptors (Lipinski definition) is 6. The molecule has 0 radical (unpaired) electrons. The second kappa shape index (κ2) is 14.8. The topological polar surface area (TPSA) is 59.1 Å². The van der Waals surface area contributed by atoms with Crippen LogP contribution in [0.1, 0.15) is 20.7 Å². The maximum atomic E-state index is 12.2. The minimum atomic E-state index is -0.370. The van der Waals surface area contributed by atoms with E-state index in [2.05, 4.69) is 131 Å². The van der Waals surface area contributed by atoms with Crippen molar-refractivity contribution in [2.45, 2.75) is 0 Å². The van der Waals surface area contributed by atoms with E-state index in [4.69, 9.17) is 9.47 Å². The fourth-order valence-electron chi connectivity index (χ4n) is 7.00. The van der Waals surface area contributed by atoms with Gasteiger partial charge in [-0.2, -0.15) is 0 Å². The number of fused-ring (bicyclic) bond motifs is 2. The van der Waals surface area contributed by atoms with Crippen molar-refractivity contribution in [3.8, 4) is 11.1 Å². The predicted octanol–water partition coefficient (Wildman–Crippen LogP) is 12.2. The molecule has 0 atom stereocenters. The zero-order chi connectivity index (χ0) is 37.0. The summed E-state index contributed by atoms with van der Waals surface area (Å²) in [6.07, 6.45) is 0. The van der Waals surface area contributed by atoms with Crippen LogP contribution in [0.4, 0.5) is 34.1 Å². The van der Waals surface area contributed by atoms with Crippen molar-refractivity contribution in [3.05, 3.63) is 193 Å². The molecule has 0 unspecified atom stereocenters. The summed E-state index contributed by atoms with van der Waals surface area (Å²) in [5.41, 5.74) is 9.00. The van der Waals surface area contributed by atoms with Crippen molar-refractivity contribution < 1.29 is 19.1 Å². The van der Waals surface area contributed by atoms with E-state index in [1.807, 2.05) is 36.4 Å². The lowest BCUT2D eigenvalue weighted by atomic mass is 10.0. The molecule has 0 fully saturated rings. The number of esters is 2. The molecule has 0 aromatic heterocycles. The Bertz CT molecular complexity index is 2400. The molecule has 0 N–H and O–H groups in total. The van der Waals surface area contributed by atoms with Gasteiger partial charge in [-0.25, -0.2) is 9.59 Å². The summed E-state index contributed by atoms with van der Waals surface area (Å²) in [6.45, 7) is 0. The molecular formula is C48H36N2O4. The number of hydrogen-bond donors (Lipinski definition) is 0. The molecule has 6 nitrogen and oxygen atoms in total. The standard InChI is InChI=1S/C48H36N2O4/c1-53-47(51)37-21-29-41(30-22-37)49(45-15-7-11-35-9-3-5-13-43(35)45)39-25-17-33(18-26-39)34-19-27-40(28-20-34)50(42-31-23-38(24-32-42)48(52)54-2)46-16-8-12-36-10-4-6-14-44(36)46/h3-32H,1-2H3. The average molecular weight is 705 g/mol. The quantitative estimate of drug-likeness (QED) is 0.139. The molecule has 262 valence electrons. The van der Waals surface area contributed by atoms with Gasteiger partial charge in [-0.1, -0.05) is 97.1 Å². The average Bonchev–Trinajstić information content (AvgIpc) is 3.24. The van der Waals surface area contributed by atoms with Crippen LogP contribution >= 0.6 is 0 Å². The van der Waals surface area contributed by atoms with Gasteiger partial charge in [-0.05, 0) is 107 Å². The van der Waals surface area contributed by atoms with Gasteiger partial charge in [-0.15, -0.1) is 0 Å². The Labute approximate surface area is 314 Å². The van der Waals surface area contributed by atoms with Crippen LogP contribution in [0.25, 0.3) is 32.7 Å². The van der Waals surface area contributed by atoms with Gasteiger partial charge in [0.05, 0.1) is 36.7 Å². The maximum Gasteiger partial charge on any atom is 0.337 e. The van der Waals surface area contributed by atoms with Crippen molar-refractivity contribution in [1.82, 2.24) is 0 Å². The second-order valence-electron chi connectivity index (χ2n) is 12.8. The summed E-state index contributed by atoms with van der Waals surface area (Å²) in [5, 5.41) is 4.51. The number of carbonyl (C=O) groups is 2. The lowest BCUT2D eigenvalue weighted by Crippen LogP contribution is -2.11. The summed E-state index contributed by atoms with van der Waals surface area (Å²) in [4.78, 5) is 28.9. The smallest absolute Gasteiger partial charge is 0.337 e. The normalized spacial score (nSPS) is 10.9. The lowest BCUT2D eigenvalue weighted by molar-refractivity contribution is 0.0592. The van der Waals surface area contributed by atoms with Crippen LogP contribution in [0.3, 0.4) is 0 Å². The number of benzene rings is 8. The first-order chi connectivity index (χ1) is 26.5. The van der Waals surface area contributed by atoms with Crippen LogP contribution in [0.2, 0.25) is 0 Å². The molecule has 8 aromatic carbocycles. The number of rotatable bonds is 9. The Hall–Kier alpha value is -7.18. The molecule has 0 spiro atoms. The number of methoxy groups -OCH3 is 2. The van der Waals surface area contributed by atoms with E-state index in [-0.39, 0.29) is 11.9 Å². The molecule has 0 aliphatic heterocycles. The number of anilines is 6. The zero-order valence-corrected chi connectivity index (χ0v) is 29.8. The lowest BCUT2D eigenvalue weighted by Gasteiger charge is -2.27. The van der Waals surface area contributed by atoms with Crippen LogP contribution in [-0.4, -0.2) is 26.2 Å². The van der Waals surface area contributed by atoms with Gasteiger partial charge >= 0.3 is 11.9 Å². The first-order valence-corrected chi connectivity index (χ1v) is 17.7. The molecule has 0 bridgehead atoms. The van der Waals surface area contributed by atoms with Crippen molar-refractivity contribution in [1.29, 1.82) is 0 Å². The van der Waals surface area contributed by atoms with Crippen molar-refractivity contribution in [2.75, 3.05) is 24.0 Å². The number of ether oxygens (including phenoxy) is 2. The summed E-state index contributed by atoms with van der Waals surface area (Å²) >= 11 is 0. The molecule has 0 saturated heterocycles. The van der Waals surface area contributed by atoms with Crippen LogP contribution in [0.5, 0.6) is 0 Å². The summed E-state index contributed by atoms with van der Waals surface area (Å²) in [6, 6.07) is 61.3. The van der Waals surface area contributed by atoms with Gasteiger partial charge in [0.1, 0.15) is 0 Å². The highest BCUT2D eigenvalue weighted by Crippen LogP contribution is 2.42. The van der Waals surface area contributed by atoms with Gasteiger partial charge < -0.3 is 19.3 Å². The van der Waals surface area contributed by atoms with E-state index in [0.29, 0.717) is 11.1 Å². The second-order valence-corrected chi connectivity index (χ2v) is 12.8. The Morgan fingerprint density at radius 3 is 1.04 bits per heavy atom. The van der Waals surface area contributed by atoms with E-state index in [1.165, 1.54) is 14.2 Å². The Kier molecular flexibility index (Phi) is 9.31. The number of carbonyl (C=O) groups excluding carboxylic acids is 2. The van der Waals surface area contributed by atoms with E-state index in [0.717, 1.165) is 66.8 Å². The van der Waals surface area contributed by atoms with Crippen LogP contribution in [0, 0.1) is 0 Å². The Balaban J connectivity index is 1.16. The molecule has 0 aliphatic rings. The van der Waals surface area contributed by atoms with Gasteiger partial charge in [-0.3, -0.25) is 0 Å². The SMILES string of the molecule is COC(=O)c1ccc(N(c2ccc(-c3ccc(N(c4ccc(C(=O)OC)cc4)c4cccc5ccccc45)cc3)cc2)c2cccc3ccccc23)cc1. The van der Waals surface area contributed by atoms with Crippen molar-refractivity contribution in [3.63, 3.8) is 0 Å². The summed E-state index contributed by atoms with van der Waals surface area (Å²) in [7, 11) is 2.78. The van der Waals surface area contributed by atoms with Gasteiger partial charge in [0.15, 0.2) is 0 Å². The van der Waals surface area contributed by atoms with Gasteiger partial charge in [0, 0.05) is 33.5 Å². The van der Waals surface area contributed by atoms with E-state index >= 15 is 0 Å². The zero-order valence-electron chi connectivity index (χ0n) is 29.8. The fraction of sp³-hybridized carbons (Fsp3) is 0.0417. The minimum Gasteiger partial charge on any atom is -0.465 e. The van der Waals surface area contributed by atoms with E-state index in [1.54, 1.807) is 24.3 Å². The molecule has 54 heavy (non-hydrogen) atoms. The predicted molar refractivity (Wildman–Crippen MR) is 219 cm³/mol. The molecule has 0 saturated carbocycles. The highest BCUT2D eigenvalue weighted by atomic mass is 16.5. The van der Waals surface area contributed by atoms with Crippen LogP contribution < -0.4 is 9.80 Å². The minimum absolute atomic E-state index is 0.370. The Morgan fingerprint density at radius 1 is 0.370 bits per heavy atom. The van der Waals surface area contributed by atoms with Gasteiger partial charge in [0.2, 0.25) is 0 Å². The fourth-order valence-corrected chi connectivity index (χ4v) is 7.00. The largest absolute Gasteiger partial charge is 0.465 e. The third-order valence-electron chi connectivity index (χ3n) is 9.69. The first kappa shape index (κ1) is 33.9. The third-order valence-corrected chi connectivity index (χ3v) is 9.69. The third kappa shape index (κ3) is 6.53. The highest BCUT2D eigenvalue weighted by molar-refractivity contribution is 6.01. The number of nitrogens with zero attached hydrogens (tertiary/aromatic N) is 2. The summed E-state index contributed by atoms with van der Waals surface area (Å²) in [5.74, 6) is -0.740. The molecular weight excluding hydrogens is 669 g/mol. The first-order valence-electron chi connectivity index (χ1n) is 17.7. The van der Waals surface area contributed by atoms with E-state index < -0.39 is 0 Å². The van der Waals surface area contributed by atoms with Crippen LogP contribution in [0.15, 0.2) is 182 Å². The van der Waals surface area contributed by atoms with E-state index in [9.17, 15) is 9.59 Å². The molecule has 8 aromatic rings. The molecule has 0 heterocycles. The molecule has 0 amide bonds. The highest BCUT2D eigenvalue weighted by Gasteiger charge is 2.19. The maximum absolute atomic E-state index is 12.2. The van der Waals surface area contributed by atoms with Crippen molar-refractivity contribution >= 4 is 67.6 Å². The van der Waals surface area contributed by atoms with Crippen LogP contribution in [-0.2, 0) is 9.47 Å². The monoisotopic (exact) mass is 704 g/mol. The molecule has 0 aliphatic carbocycles. The van der Waals surface area contributed by atoms with Crippen molar-refractivity contribution in [2.24, 2.45) is 0 Å². The Morgan fingerprint density at radius 2 is 0.685 bits per heavy atom. The molecule has 6 heteroatoms. The molecule has 8 rings (SSSR count). The van der Waals surface area contributed by atoms with Gasteiger partial charge in [0.25, 0.3) is 0 Å².